The zero-order valence-electron chi connectivity index (χ0n) is 18.5. The third-order valence-corrected chi connectivity index (χ3v) is 6.64. The number of piperazine rings is 1. The van der Waals surface area contributed by atoms with Gasteiger partial charge in [0.05, 0.1) is 23.0 Å². The first-order valence-corrected chi connectivity index (χ1v) is 11.2. The monoisotopic (exact) mass is 462 g/mol. The van der Waals surface area contributed by atoms with E-state index in [9.17, 15) is 14.4 Å². The number of pyridine rings is 1. The predicted molar refractivity (Wildman–Crippen MR) is 119 cm³/mol. The Balaban J connectivity index is 1.26. The first-order valence-electron chi connectivity index (χ1n) is 11.2. The van der Waals surface area contributed by atoms with Crippen molar-refractivity contribution in [2.75, 3.05) is 31.1 Å². The molecular weight excluding hydrogens is 439 g/mol. The highest BCUT2D eigenvalue weighted by Gasteiger charge is 2.39. The highest BCUT2D eigenvalue weighted by atomic mass is 19.1. The molecule has 10 heteroatoms. The number of hydrogen-bond acceptors (Lipinski definition) is 7. The molecule has 2 saturated heterocycles. The molecule has 5 rings (SSSR count). The standard InChI is InChI=1S/C24H23FN6O3/c25-19-11-18-16(13-31(24(18)34)20-1-2-22(32)28-23(20)33)10-21(19)30-7-5-29(6-8-30)14-17-9-15(12-26)3-4-27-17/h3-4,9-11,20H,1-2,5-8,13-14H2,(H,28,32,33). The molecule has 0 radical (unpaired) electrons. The van der Waals surface area contributed by atoms with E-state index in [4.69, 9.17) is 5.26 Å². The molecule has 9 nitrogen and oxygen atoms in total. The molecule has 3 aliphatic heterocycles. The van der Waals surface area contributed by atoms with Gasteiger partial charge in [0.25, 0.3) is 5.91 Å². The van der Waals surface area contributed by atoms with E-state index in [1.807, 2.05) is 4.90 Å². The number of imide groups is 1. The van der Waals surface area contributed by atoms with Crippen LogP contribution in [-0.2, 0) is 22.7 Å². The SMILES string of the molecule is N#Cc1ccnc(CN2CCN(c3cc4c(cc3F)C(=O)N(C3CCC(=O)NC3=O)C4)CC2)c1. The molecule has 3 amide bonds. The number of nitrogens with zero attached hydrogens (tertiary/aromatic N) is 5. The summed E-state index contributed by atoms with van der Waals surface area (Å²) in [4.78, 5) is 46.5. The van der Waals surface area contributed by atoms with Crippen LogP contribution >= 0.6 is 0 Å². The number of halogens is 1. The number of amides is 3. The van der Waals surface area contributed by atoms with Gasteiger partial charge in [-0.1, -0.05) is 0 Å². The van der Waals surface area contributed by atoms with Gasteiger partial charge in [-0.2, -0.15) is 5.26 Å². The van der Waals surface area contributed by atoms with Crippen LogP contribution < -0.4 is 10.2 Å². The van der Waals surface area contributed by atoms with Crippen molar-refractivity contribution >= 4 is 23.4 Å². The van der Waals surface area contributed by atoms with Crippen molar-refractivity contribution in [3.8, 4) is 6.07 Å². The van der Waals surface area contributed by atoms with Crippen LogP contribution in [0.5, 0.6) is 0 Å². The van der Waals surface area contributed by atoms with Crippen molar-refractivity contribution in [2.45, 2.75) is 32.0 Å². The smallest absolute Gasteiger partial charge is 0.255 e. The topological polar surface area (TPSA) is 110 Å². The quantitative estimate of drug-likeness (QED) is 0.680. The van der Waals surface area contributed by atoms with Crippen molar-refractivity contribution < 1.29 is 18.8 Å². The average molecular weight is 462 g/mol. The number of benzene rings is 1. The summed E-state index contributed by atoms with van der Waals surface area (Å²) in [7, 11) is 0. The van der Waals surface area contributed by atoms with E-state index in [1.54, 1.807) is 24.4 Å². The fraction of sp³-hybridized carbons (Fsp3) is 0.375. The maximum atomic E-state index is 15.0. The first kappa shape index (κ1) is 22.0. The number of carbonyl (C=O) groups excluding carboxylic acids is 3. The van der Waals surface area contributed by atoms with E-state index < -0.39 is 17.8 Å². The van der Waals surface area contributed by atoms with Crippen LogP contribution in [-0.4, -0.2) is 64.7 Å². The van der Waals surface area contributed by atoms with Gasteiger partial charge in [0.2, 0.25) is 11.8 Å². The molecule has 0 aliphatic carbocycles. The molecule has 34 heavy (non-hydrogen) atoms. The van der Waals surface area contributed by atoms with Gasteiger partial charge < -0.3 is 9.80 Å². The largest absolute Gasteiger partial charge is 0.367 e. The number of rotatable bonds is 4. The lowest BCUT2D eigenvalue weighted by Gasteiger charge is -2.36. The number of aromatic nitrogens is 1. The lowest BCUT2D eigenvalue weighted by Crippen LogP contribution is -2.52. The van der Waals surface area contributed by atoms with Gasteiger partial charge in [-0.3, -0.25) is 29.6 Å². The van der Waals surface area contributed by atoms with E-state index in [0.717, 1.165) is 5.69 Å². The Labute approximate surface area is 195 Å². The maximum Gasteiger partial charge on any atom is 0.255 e. The Morgan fingerprint density at radius 3 is 2.68 bits per heavy atom. The Kier molecular flexibility index (Phi) is 5.71. The first-order chi connectivity index (χ1) is 16.4. The number of anilines is 1. The molecule has 3 aliphatic rings. The molecule has 2 fully saturated rings. The van der Waals surface area contributed by atoms with Gasteiger partial charge in [0.1, 0.15) is 11.9 Å². The van der Waals surface area contributed by atoms with Gasteiger partial charge in [0, 0.05) is 57.4 Å². The number of nitrogens with one attached hydrogen (secondary N) is 1. The second-order valence-electron chi connectivity index (χ2n) is 8.77. The highest BCUT2D eigenvalue weighted by molar-refractivity contribution is 6.05. The van der Waals surface area contributed by atoms with Gasteiger partial charge in [-0.05, 0) is 36.2 Å². The van der Waals surface area contributed by atoms with Gasteiger partial charge >= 0.3 is 0 Å². The van der Waals surface area contributed by atoms with Crippen LogP contribution in [0.2, 0.25) is 0 Å². The normalized spacial score (nSPS) is 20.8. The fourth-order valence-corrected chi connectivity index (χ4v) is 4.83. The van der Waals surface area contributed by atoms with Crippen LogP contribution in [0.3, 0.4) is 0 Å². The Morgan fingerprint density at radius 2 is 1.94 bits per heavy atom. The zero-order chi connectivity index (χ0) is 23.8. The minimum Gasteiger partial charge on any atom is -0.367 e. The fourth-order valence-electron chi connectivity index (χ4n) is 4.83. The third-order valence-electron chi connectivity index (χ3n) is 6.64. The second-order valence-corrected chi connectivity index (χ2v) is 8.77. The summed E-state index contributed by atoms with van der Waals surface area (Å²) in [5.74, 6) is -1.67. The summed E-state index contributed by atoms with van der Waals surface area (Å²) < 4.78 is 15.0. The van der Waals surface area contributed by atoms with Crippen molar-refractivity contribution in [2.24, 2.45) is 0 Å². The number of piperidine rings is 1. The summed E-state index contributed by atoms with van der Waals surface area (Å²) in [6, 6.07) is 7.82. The zero-order valence-corrected chi connectivity index (χ0v) is 18.5. The molecule has 1 atom stereocenters. The van der Waals surface area contributed by atoms with E-state index in [1.165, 1.54) is 11.0 Å². The van der Waals surface area contributed by atoms with Crippen LogP contribution in [0, 0.1) is 17.1 Å². The average Bonchev–Trinajstić information content (AvgIpc) is 3.14. The number of nitriles is 1. The molecule has 1 unspecified atom stereocenters. The lowest BCUT2D eigenvalue weighted by atomic mass is 10.0. The summed E-state index contributed by atoms with van der Waals surface area (Å²) in [6.07, 6.45) is 2.08. The molecular formula is C24H23FN6O3. The van der Waals surface area contributed by atoms with Crippen LogP contribution in [0.25, 0.3) is 0 Å². The van der Waals surface area contributed by atoms with E-state index in [2.05, 4.69) is 21.3 Å². The molecule has 1 aromatic heterocycles. The number of carbonyl (C=O) groups is 3. The molecule has 0 saturated carbocycles. The number of fused-ring (bicyclic) bond motifs is 1. The Bertz CT molecular complexity index is 1220. The number of hydrogen-bond donors (Lipinski definition) is 1. The summed E-state index contributed by atoms with van der Waals surface area (Å²) in [5.41, 5.74) is 2.80. The molecule has 4 heterocycles. The molecule has 174 valence electrons. The molecule has 2 aromatic rings. The molecule has 1 N–H and O–H groups in total. The minimum atomic E-state index is -0.721. The van der Waals surface area contributed by atoms with E-state index in [0.29, 0.717) is 49.5 Å². The lowest BCUT2D eigenvalue weighted by molar-refractivity contribution is -0.136. The van der Waals surface area contributed by atoms with Crippen molar-refractivity contribution in [1.29, 1.82) is 5.26 Å². The third kappa shape index (κ3) is 4.10. The predicted octanol–water partition coefficient (Wildman–Crippen LogP) is 1.18. The van der Waals surface area contributed by atoms with Gasteiger partial charge in [-0.25, -0.2) is 4.39 Å². The van der Waals surface area contributed by atoms with Gasteiger partial charge in [-0.15, -0.1) is 0 Å². The van der Waals surface area contributed by atoms with Crippen LogP contribution in [0.1, 0.15) is 40.0 Å². The second kappa shape index (κ2) is 8.83. The van der Waals surface area contributed by atoms with Crippen molar-refractivity contribution in [3.05, 3.63) is 58.7 Å². The van der Waals surface area contributed by atoms with E-state index >= 15 is 4.39 Å². The van der Waals surface area contributed by atoms with Crippen LogP contribution in [0.15, 0.2) is 30.5 Å². The highest BCUT2D eigenvalue weighted by Crippen LogP contribution is 2.33. The molecule has 0 bridgehead atoms. The van der Waals surface area contributed by atoms with Crippen molar-refractivity contribution in [1.82, 2.24) is 20.1 Å². The van der Waals surface area contributed by atoms with Crippen LogP contribution in [0.4, 0.5) is 10.1 Å². The molecule has 0 spiro atoms. The maximum absolute atomic E-state index is 15.0. The summed E-state index contributed by atoms with van der Waals surface area (Å²) >= 11 is 0. The van der Waals surface area contributed by atoms with Crippen molar-refractivity contribution in [3.63, 3.8) is 0 Å². The Morgan fingerprint density at radius 1 is 1.15 bits per heavy atom. The summed E-state index contributed by atoms with van der Waals surface area (Å²) in [6.45, 7) is 3.46. The summed E-state index contributed by atoms with van der Waals surface area (Å²) in [5, 5.41) is 11.3. The Hall–Kier alpha value is -3.84. The molecule has 1 aromatic carbocycles. The van der Waals surface area contributed by atoms with E-state index in [-0.39, 0.29) is 36.8 Å². The minimum absolute atomic E-state index is 0.177. The van der Waals surface area contributed by atoms with Gasteiger partial charge in [0.15, 0.2) is 0 Å².